The van der Waals surface area contributed by atoms with E-state index in [-0.39, 0.29) is 24.2 Å². The standard InChI is InChI=1S/C17H22N4O2S.ClH/c1-11(18)16(23)21-17-20-15(10-24-17)14-7-5-13(6-8-14)4-3-9-19-12(2)22;/h5-8,10-11H,3-4,9,18H2,1-2H3,(H,19,22)(H,20,21,23);1H/t11-;/m0./s1. The summed E-state index contributed by atoms with van der Waals surface area (Å²) in [5.74, 6) is -0.244. The molecule has 1 heterocycles. The van der Waals surface area contributed by atoms with Crippen LogP contribution < -0.4 is 16.4 Å². The van der Waals surface area contributed by atoms with Gasteiger partial charge in [0.1, 0.15) is 0 Å². The molecule has 1 aromatic heterocycles. The van der Waals surface area contributed by atoms with Gasteiger partial charge in [0.15, 0.2) is 5.13 Å². The Kier molecular flexibility index (Phi) is 8.54. The van der Waals surface area contributed by atoms with E-state index in [2.05, 4.69) is 27.8 Å². The van der Waals surface area contributed by atoms with Crippen molar-refractivity contribution in [3.8, 4) is 11.3 Å². The van der Waals surface area contributed by atoms with E-state index in [0.29, 0.717) is 11.7 Å². The van der Waals surface area contributed by atoms with Crippen molar-refractivity contribution in [3.05, 3.63) is 35.2 Å². The highest BCUT2D eigenvalue weighted by molar-refractivity contribution is 7.14. The van der Waals surface area contributed by atoms with Crippen LogP contribution in [0.3, 0.4) is 0 Å². The first-order chi connectivity index (χ1) is 11.5. The van der Waals surface area contributed by atoms with Gasteiger partial charge in [-0.25, -0.2) is 4.98 Å². The van der Waals surface area contributed by atoms with Gasteiger partial charge in [-0.1, -0.05) is 24.3 Å². The van der Waals surface area contributed by atoms with Crippen molar-refractivity contribution < 1.29 is 9.59 Å². The average Bonchev–Trinajstić information content (AvgIpc) is 3.00. The Morgan fingerprint density at radius 3 is 2.56 bits per heavy atom. The molecule has 0 aliphatic carbocycles. The Hall–Kier alpha value is -1.96. The first-order valence-corrected chi connectivity index (χ1v) is 8.69. The summed E-state index contributed by atoms with van der Waals surface area (Å²) in [5.41, 5.74) is 8.56. The highest BCUT2D eigenvalue weighted by Crippen LogP contribution is 2.25. The molecule has 136 valence electrons. The van der Waals surface area contributed by atoms with Gasteiger partial charge in [-0.15, -0.1) is 23.7 Å². The molecule has 0 bridgehead atoms. The maximum Gasteiger partial charge on any atom is 0.242 e. The predicted octanol–water partition coefficient (Wildman–Crippen LogP) is 2.59. The van der Waals surface area contributed by atoms with Crippen LogP contribution in [0, 0.1) is 0 Å². The number of aromatic nitrogens is 1. The minimum Gasteiger partial charge on any atom is -0.356 e. The van der Waals surface area contributed by atoms with Crippen molar-refractivity contribution in [2.24, 2.45) is 5.73 Å². The maximum atomic E-state index is 11.6. The predicted molar refractivity (Wildman–Crippen MR) is 104 cm³/mol. The quantitative estimate of drug-likeness (QED) is 0.641. The topological polar surface area (TPSA) is 97.1 Å². The van der Waals surface area contributed by atoms with Crippen molar-refractivity contribution in [2.75, 3.05) is 11.9 Å². The zero-order valence-electron chi connectivity index (χ0n) is 14.2. The lowest BCUT2D eigenvalue weighted by Gasteiger charge is -2.04. The number of rotatable bonds is 7. The molecule has 0 saturated heterocycles. The number of benzene rings is 1. The number of anilines is 1. The van der Waals surface area contributed by atoms with Crippen LogP contribution in [0.25, 0.3) is 11.3 Å². The number of aryl methyl sites for hydroxylation is 1. The summed E-state index contributed by atoms with van der Waals surface area (Å²) in [6.45, 7) is 3.84. The number of thiazole rings is 1. The third-order valence-corrected chi connectivity index (χ3v) is 4.17. The molecule has 2 rings (SSSR count). The molecule has 8 heteroatoms. The van der Waals surface area contributed by atoms with Gasteiger partial charge < -0.3 is 16.4 Å². The van der Waals surface area contributed by atoms with Crippen molar-refractivity contribution in [2.45, 2.75) is 32.7 Å². The number of nitrogens with zero attached hydrogens (tertiary/aromatic N) is 1. The third-order valence-electron chi connectivity index (χ3n) is 3.41. The van der Waals surface area contributed by atoms with Gasteiger partial charge in [0.25, 0.3) is 0 Å². The van der Waals surface area contributed by atoms with E-state index in [1.165, 1.54) is 23.8 Å². The van der Waals surface area contributed by atoms with Crippen LogP contribution >= 0.6 is 23.7 Å². The van der Waals surface area contributed by atoms with Crippen LogP contribution in [-0.2, 0) is 16.0 Å². The van der Waals surface area contributed by atoms with Crippen LogP contribution in [-0.4, -0.2) is 29.4 Å². The van der Waals surface area contributed by atoms with Gasteiger partial charge in [0.2, 0.25) is 11.8 Å². The van der Waals surface area contributed by atoms with Crippen LogP contribution in [0.2, 0.25) is 0 Å². The second-order valence-corrected chi connectivity index (χ2v) is 6.46. The van der Waals surface area contributed by atoms with E-state index in [4.69, 9.17) is 5.73 Å². The van der Waals surface area contributed by atoms with Crippen molar-refractivity contribution in [1.82, 2.24) is 10.3 Å². The molecule has 0 unspecified atom stereocenters. The Morgan fingerprint density at radius 1 is 1.28 bits per heavy atom. The molecule has 0 spiro atoms. The molecule has 0 aliphatic heterocycles. The lowest BCUT2D eigenvalue weighted by molar-refractivity contribution is -0.119. The molecule has 2 aromatic rings. The molecule has 4 N–H and O–H groups in total. The molecule has 0 radical (unpaired) electrons. The van der Waals surface area contributed by atoms with Gasteiger partial charge in [-0.05, 0) is 25.3 Å². The zero-order chi connectivity index (χ0) is 17.5. The van der Waals surface area contributed by atoms with Crippen molar-refractivity contribution in [1.29, 1.82) is 0 Å². The molecule has 1 aromatic carbocycles. The van der Waals surface area contributed by atoms with Crippen LogP contribution in [0.1, 0.15) is 25.8 Å². The molecule has 25 heavy (non-hydrogen) atoms. The molecule has 6 nitrogen and oxygen atoms in total. The van der Waals surface area contributed by atoms with E-state index in [1.807, 2.05) is 17.5 Å². The van der Waals surface area contributed by atoms with Crippen molar-refractivity contribution in [3.63, 3.8) is 0 Å². The number of halogens is 1. The summed E-state index contributed by atoms with van der Waals surface area (Å²) < 4.78 is 0. The number of carbonyl (C=O) groups excluding carboxylic acids is 2. The second-order valence-electron chi connectivity index (χ2n) is 5.60. The fraction of sp³-hybridized carbons (Fsp3) is 0.353. The maximum absolute atomic E-state index is 11.6. The number of carbonyl (C=O) groups is 2. The second kappa shape index (κ2) is 10.1. The molecule has 0 aliphatic rings. The number of nitrogens with two attached hydrogens (primary N) is 1. The third kappa shape index (κ3) is 6.81. The average molecular weight is 383 g/mol. The largest absolute Gasteiger partial charge is 0.356 e. The molecular weight excluding hydrogens is 360 g/mol. The Labute approximate surface area is 157 Å². The molecule has 2 amide bonds. The number of hydrogen-bond donors (Lipinski definition) is 3. The summed E-state index contributed by atoms with van der Waals surface area (Å²) >= 11 is 1.38. The fourth-order valence-corrected chi connectivity index (χ4v) is 2.80. The van der Waals surface area contributed by atoms with E-state index < -0.39 is 6.04 Å². The first-order valence-electron chi connectivity index (χ1n) is 7.81. The Morgan fingerprint density at radius 2 is 1.96 bits per heavy atom. The molecule has 0 fully saturated rings. The highest BCUT2D eigenvalue weighted by Gasteiger charge is 2.11. The molecular formula is C17H23ClN4O2S. The van der Waals surface area contributed by atoms with Gasteiger partial charge in [0.05, 0.1) is 11.7 Å². The van der Waals surface area contributed by atoms with E-state index in [0.717, 1.165) is 24.1 Å². The van der Waals surface area contributed by atoms with Gasteiger partial charge in [0, 0.05) is 24.4 Å². The summed E-state index contributed by atoms with van der Waals surface area (Å²) in [4.78, 5) is 26.8. The lowest BCUT2D eigenvalue weighted by Crippen LogP contribution is -2.32. The van der Waals surface area contributed by atoms with Gasteiger partial charge in [-0.3, -0.25) is 9.59 Å². The number of hydrogen-bond acceptors (Lipinski definition) is 5. The lowest BCUT2D eigenvalue weighted by atomic mass is 10.1. The minimum atomic E-state index is -0.561. The fourth-order valence-electron chi connectivity index (χ4n) is 2.08. The van der Waals surface area contributed by atoms with Crippen LogP contribution in [0.15, 0.2) is 29.6 Å². The SMILES string of the molecule is CC(=O)NCCCc1ccc(-c2csc(NC(=O)[C@H](C)N)n2)cc1.Cl. The summed E-state index contributed by atoms with van der Waals surface area (Å²) in [7, 11) is 0. The van der Waals surface area contributed by atoms with E-state index in [1.54, 1.807) is 6.92 Å². The Bertz CT molecular complexity index is 701. The van der Waals surface area contributed by atoms with Gasteiger partial charge >= 0.3 is 0 Å². The Balaban J connectivity index is 0.00000312. The number of nitrogens with one attached hydrogen (secondary N) is 2. The summed E-state index contributed by atoms with van der Waals surface area (Å²) in [5, 5.41) is 7.94. The first kappa shape index (κ1) is 21.1. The van der Waals surface area contributed by atoms with Crippen molar-refractivity contribution >= 4 is 40.7 Å². The van der Waals surface area contributed by atoms with E-state index >= 15 is 0 Å². The summed E-state index contributed by atoms with van der Waals surface area (Å²) in [6.07, 6.45) is 1.82. The summed E-state index contributed by atoms with van der Waals surface area (Å²) in [6, 6.07) is 7.58. The normalized spacial score (nSPS) is 11.3. The van der Waals surface area contributed by atoms with Crippen LogP contribution in [0.5, 0.6) is 0 Å². The molecule has 0 saturated carbocycles. The highest BCUT2D eigenvalue weighted by atomic mass is 35.5. The zero-order valence-corrected chi connectivity index (χ0v) is 15.9. The molecule has 1 atom stereocenters. The van der Waals surface area contributed by atoms with E-state index in [9.17, 15) is 9.59 Å². The monoisotopic (exact) mass is 382 g/mol. The van der Waals surface area contributed by atoms with Gasteiger partial charge in [-0.2, -0.15) is 0 Å². The smallest absolute Gasteiger partial charge is 0.242 e. The number of amides is 2. The van der Waals surface area contributed by atoms with Crippen LogP contribution in [0.4, 0.5) is 5.13 Å². The minimum absolute atomic E-state index is 0.